The fourth-order valence-electron chi connectivity index (χ4n) is 2.27. The van der Waals surface area contributed by atoms with Gasteiger partial charge in [-0.1, -0.05) is 0 Å². The molecule has 0 bridgehead atoms. The van der Waals surface area contributed by atoms with E-state index in [1.165, 1.54) is 38.9 Å². The molecule has 0 aromatic heterocycles. The average molecular weight is 213 g/mol. The molecule has 1 saturated heterocycles. The molecule has 1 atom stereocenters. The van der Waals surface area contributed by atoms with Crippen molar-refractivity contribution < 1.29 is 0 Å². The Labute approximate surface area is 94.6 Å². The van der Waals surface area contributed by atoms with Crippen molar-refractivity contribution >= 4 is 0 Å². The number of nitrogens with two attached hydrogens (primary N) is 1. The van der Waals surface area contributed by atoms with Gasteiger partial charge in [-0.3, -0.25) is 4.90 Å². The Morgan fingerprint density at radius 3 is 2.40 bits per heavy atom. The lowest BCUT2D eigenvalue weighted by Gasteiger charge is -2.35. The first-order valence-corrected chi connectivity index (χ1v) is 6.22. The summed E-state index contributed by atoms with van der Waals surface area (Å²) in [5.74, 6) is 0.939. The van der Waals surface area contributed by atoms with E-state index in [-0.39, 0.29) is 0 Å². The predicted octanol–water partition coefficient (Wildman–Crippen LogP) is 0.997. The molecule has 1 aliphatic rings. The zero-order chi connectivity index (χ0) is 11.3. The predicted molar refractivity (Wildman–Crippen MR) is 66.0 cm³/mol. The average Bonchev–Trinajstić information content (AvgIpc) is 2.26. The molecule has 15 heavy (non-hydrogen) atoms. The minimum atomic E-state index is 0.569. The van der Waals surface area contributed by atoms with Crippen LogP contribution in [0.3, 0.4) is 0 Å². The third-order valence-corrected chi connectivity index (χ3v) is 3.60. The van der Waals surface area contributed by atoms with Gasteiger partial charge in [-0.15, -0.1) is 0 Å². The number of likely N-dealkylation sites (tertiary alicyclic amines) is 1. The molecule has 1 fully saturated rings. The van der Waals surface area contributed by atoms with Gasteiger partial charge in [-0.25, -0.2) is 0 Å². The first kappa shape index (κ1) is 12.9. The van der Waals surface area contributed by atoms with Crippen LogP contribution in [-0.4, -0.2) is 56.1 Å². The number of hydrogen-bond donors (Lipinski definition) is 1. The van der Waals surface area contributed by atoms with Crippen molar-refractivity contribution in [3.63, 3.8) is 0 Å². The Hall–Kier alpha value is -0.120. The second-order valence-electron chi connectivity index (χ2n) is 5.16. The zero-order valence-corrected chi connectivity index (χ0v) is 10.6. The number of hydrogen-bond acceptors (Lipinski definition) is 3. The monoisotopic (exact) mass is 213 g/mol. The molecule has 1 unspecified atom stereocenters. The molecule has 2 N–H and O–H groups in total. The molecule has 0 radical (unpaired) electrons. The van der Waals surface area contributed by atoms with Gasteiger partial charge in [0, 0.05) is 12.6 Å². The lowest BCUT2D eigenvalue weighted by Crippen LogP contribution is -2.43. The highest BCUT2D eigenvalue weighted by molar-refractivity contribution is 4.76. The van der Waals surface area contributed by atoms with E-state index in [1.54, 1.807) is 0 Å². The van der Waals surface area contributed by atoms with E-state index >= 15 is 0 Å². The van der Waals surface area contributed by atoms with Gasteiger partial charge in [0.05, 0.1) is 0 Å². The molecule has 0 saturated carbocycles. The SMILES string of the molecule is CC(CN)N1CCC(CCN(C)C)CC1. The van der Waals surface area contributed by atoms with E-state index in [4.69, 9.17) is 5.73 Å². The number of rotatable bonds is 5. The summed E-state index contributed by atoms with van der Waals surface area (Å²) in [5, 5.41) is 0. The van der Waals surface area contributed by atoms with Crippen molar-refractivity contribution in [1.82, 2.24) is 9.80 Å². The Morgan fingerprint density at radius 1 is 1.33 bits per heavy atom. The Morgan fingerprint density at radius 2 is 1.93 bits per heavy atom. The Bertz CT molecular complexity index is 162. The highest BCUT2D eigenvalue weighted by Crippen LogP contribution is 2.21. The minimum absolute atomic E-state index is 0.569. The normalized spacial score (nSPS) is 22.2. The van der Waals surface area contributed by atoms with Crippen molar-refractivity contribution in [2.24, 2.45) is 11.7 Å². The molecule has 0 spiro atoms. The van der Waals surface area contributed by atoms with Gasteiger partial charge in [0.25, 0.3) is 0 Å². The summed E-state index contributed by atoms with van der Waals surface area (Å²) in [6.45, 7) is 6.76. The second kappa shape index (κ2) is 6.46. The highest BCUT2D eigenvalue weighted by atomic mass is 15.2. The molecule has 90 valence electrons. The van der Waals surface area contributed by atoms with Gasteiger partial charge in [0.15, 0.2) is 0 Å². The van der Waals surface area contributed by atoms with Crippen LogP contribution in [0.1, 0.15) is 26.2 Å². The summed E-state index contributed by atoms with van der Waals surface area (Å²) in [6, 6.07) is 0.569. The third kappa shape index (κ3) is 4.49. The van der Waals surface area contributed by atoms with Gasteiger partial charge in [0.1, 0.15) is 0 Å². The van der Waals surface area contributed by atoms with Crippen molar-refractivity contribution in [2.75, 3.05) is 40.3 Å². The largest absolute Gasteiger partial charge is 0.329 e. The van der Waals surface area contributed by atoms with Crippen molar-refractivity contribution in [3.8, 4) is 0 Å². The summed E-state index contributed by atoms with van der Waals surface area (Å²) in [6.07, 6.45) is 4.08. The first-order chi connectivity index (χ1) is 7.13. The highest BCUT2D eigenvalue weighted by Gasteiger charge is 2.21. The molecule has 0 aliphatic carbocycles. The van der Waals surface area contributed by atoms with E-state index in [0.717, 1.165) is 12.5 Å². The van der Waals surface area contributed by atoms with Crippen LogP contribution < -0.4 is 5.73 Å². The zero-order valence-electron chi connectivity index (χ0n) is 10.6. The molecule has 3 heteroatoms. The maximum absolute atomic E-state index is 5.69. The lowest BCUT2D eigenvalue weighted by molar-refractivity contribution is 0.136. The van der Waals surface area contributed by atoms with Crippen LogP contribution >= 0.6 is 0 Å². The molecule has 1 aliphatic heterocycles. The number of piperidine rings is 1. The van der Waals surface area contributed by atoms with E-state index in [0.29, 0.717) is 6.04 Å². The first-order valence-electron chi connectivity index (χ1n) is 6.22. The summed E-state index contributed by atoms with van der Waals surface area (Å²) >= 11 is 0. The van der Waals surface area contributed by atoms with Gasteiger partial charge < -0.3 is 10.6 Å². The van der Waals surface area contributed by atoms with Crippen LogP contribution in [-0.2, 0) is 0 Å². The Balaban J connectivity index is 2.18. The minimum Gasteiger partial charge on any atom is -0.329 e. The van der Waals surface area contributed by atoms with Crippen LogP contribution in [0.2, 0.25) is 0 Å². The van der Waals surface area contributed by atoms with E-state index in [1.807, 2.05) is 0 Å². The fraction of sp³-hybridized carbons (Fsp3) is 1.00. The summed E-state index contributed by atoms with van der Waals surface area (Å²) in [5.41, 5.74) is 5.69. The molecule has 0 amide bonds. The Kier molecular flexibility index (Phi) is 5.58. The maximum atomic E-state index is 5.69. The second-order valence-corrected chi connectivity index (χ2v) is 5.16. The van der Waals surface area contributed by atoms with Gasteiger partial charge in [-0.05, 0) is 65.8 Å². The molecular formula is C12H27N3. The standard InChI is InChI=1S/C12H27N3/c1-11(10-13)15-8-5-12(6-9-15)4-7-14(2)3/h11-12H,4-10,13H2,1-3H3. The third-order valence-electron chi connectivity index (χ3n) is 3.60. The smallest absolute Gasteiger partial charge is 0.0190 e. The molecule has 1 rings (SSSR count). The van der Waals surface area contributed by atoms with E-state index in [2.05, 4.69) is 30.8 Å². The summed E-state index contributed by atoms with van der Waals surface area (Å²) in [7, 11) is 4.32. The van der Waals surface area contributed by atoms with Crippen molar-refractivity contribution in [1.29, 1.82) is 0 Å². The number of nitrogens with zero attached hydrogens (tertiary/aromatic N) is 2. The quantitative estimate of drug-likeness (QED) is 0.739. The maximum Gasteiger partial charge on any atom is 0.0190 e. The van der Waals surface area contributed by atoms with Crippen LogP contribution in [0.15, 0.2) is 0 Å². The molecule has 0 aromatic carbocycles. The molecular weight excluding hydrogens is 186 g/mol. The van der Waals surface area contributed by atoms with Crippen LogP contribution in [0.4, 0.5) is 0 Å². The molecule has 0 aromatic rings. The van der Waals surface area contributed by atoms with Gasteiger partial charge >= 0.3 is 0 Å². The van der Waals surface area contributed by atoms with Crippen LogP contribution in [0.25, 0.3) is 0 Å². The molecule has 1 heterocycles. The van der Waals surface area contributed by atoms with E-state index < -0.39 is 0 Å². The summed E-state index contributed by atoms with van der Waals surface area (Å²) in [4.78, 5) is 4.82. The summed E-state index contributed by atoms with van der Waals surface area (Å²) < 4.78 is 0. The lowest BCUT2D eigenvalue weighted by atomic mass is 9.92. The fourth-order valence-corrected chi connectivity index (χ4v) is 2.27. The van der Waals surface area contributed by atoms with Crippen LogP contribution in [0.5, 0.6) is 0 Å². The van der Waals surface area contributed by atoms with Crippen molar-refractivity contribution in [3.05, 3.63) is 0 Å². The van der Waals surface area contributed by atoms with E-state index in [9.17, 15) is 0 Å². The van der Waals surface area contributed by atoms with Gasteiger partial charge in [-0.2, -0.15) is 0 Å². The topological polar surface area (TPSA) is 32.5 Å². The van der Waals surface area contributed by atoms with Crippen molar-refractivity contribution in [2.45, 2.75) is 32.2 Å². The van der Waals surface area contributed by atoms with Crippen LogP contribution in [0, 0.1) is 5.92 Å². The molecule has 3 nitrogen and oxygen atoms in total. The van der Waals surface area contributed by atoms with Gasteiger partial charge in [0.2, 0.25) is 0 Å².